The van der Waals surface area contributed by atoms with Crippen molar-refractivity contribution in [1.82, 2.24) is 10.3 Å². The molecule has 1 fully saturated rings. The van der Waals surface area contributed by atoms with Gasteiger partial charge in [-0.1, -0.05) is 6.42 Å². The van der Waals surface area contributed by atoms with Crippen molar-refractivity contribution in [2.45, 2.75) is 44.8 Å². The van der Waals surface area contributed by atoms with E-state index in [9.17, 15) is 0 Å². The summed E-state index contributed by atoms with van der Waals surface area (Å²) in [5.74, 6) is 0. The fourth-order valence-corrected chi connectivity index (χ4v) is 2.24. The first kappa shape index (κ1) is 11.7. The number of hydrogen-bond donors (Lipinski definition) is 2. The maximum atomic E-state index is 5.82. The molecule has 1 aromatic rings. The molecule has 2 atom stereocenters. The summed E-state index contributed by atoms with van der Waals surface area (Å²) in [5.41, 5.74) is 1.16. The van der Waals surface area contributed by atoms with Crippen LogP contribution in [0.15, 0.2) is 18.3 Å². The van der Waals surface area contributed by atoms with Gasteiger partial charge in [-0.15, -0.1) is 0 Å². The summed E-state index contributed by atoms with van der Waals surface area (Å²) in [6.45, 7) is 4.12. The number of aromatic amines is 1. The second kappa shape index (κ2) is 6.06. The second-order valence-corrected chi connectivity index (χ2v) is 4.57. The third-order valence-electron chi connectivity index (χ3n) is 3.31. The largest absolute Gasteiger partial charge is 0.372 e. The van der Waals surface area contributed by atoms with Gasteiger partial charge in [-0.2, -0.15) is 0 Å². The van der Waals surface area contributed by atoms with Crippen LogP contribution >= 0.6 is 0 Å². The SMILES string of the molecule is C[C@H](OCC[C@@H]1CCCCN1)c1ccc[nH]1. The van der Waals surface area contributed by atoms with Gasteiger partial charge < -0.3 is 15.0 Å². The minimum Gasteiger partial charge on any atom is -0.372 e. The zero-order valence-electron chi connectivity index (χ0n) is 10.0. The van der Waals surface area contributed by atoms with Gasteiger partial charge in [0.2, 0.25) is 0 Å². The quantitative estimate of drug-likeness (QED) is 0.803. The fourth-order valence-electron chi connectivity index (χ4n) is 2.24. The maximum Gasteiger partial charge on any atom is 0.0944 e. The molecule has 2 rings (SSSR count). The molecule has 1 aliphatic rings. The van der Waals surface area contributed by atoms with E-state index in [1.54, 1.807) is 0 Å². The molecule has 0 radical (unpaired) electrons. The Hall–Kier alpha value is -0.800. The summed E-state index contributed by atoms with van der Waals surface area (Å²) < 4.78 is 5.82. The predicted octanol–water partition coefficient (Wildman–Crippen LogP) is 2.62. The summed E-state index contributed by atoms with van der Waals surface area (Å²) in [4.78, 5) is 3.18. The van der Waals surface area contributed by atoms with Crippen molar-refractivity contribution in [3.63, 3.8) is 0 Å². The lowest BCUT2D eigenvalue weighted by Gasteiger charge is -2.23. The molecule has 16 heavy (non-hydrogen) atoms. The van der Waals surface area contributed by atoms with Crippen LogP contribution < -0.4 is 5.32 Å². The molecule has 90 valence electrons. The lowest BCUT2D eigenvalue weighted by Crippen LogP contribution is -2.34. The van der Waals surface area contributed by atoms with Crippen LogP contribution in [0.25, 0.3) is 0 Å². The number of H-pyrrole nitrogens is 1. The lowest BCUT2D eigenvalue weighted by molar-refractivity contribution is 0.0549. The first-order valence-corrected chi connectivity index (χ1v) is 6.34. The molecule has 0 aromatic carbocycles. The van der Waals surface area contributed by atoms with Crippen LogP contribution in [0.2, 0.25) is 0 Å². The van der Waals surface area contributed by atoms with Crippen molar-refractivity contribution < 1.29 is 4.74 Å². The number of piperidine rings is 1. The molecular weight excluding hydrogens is 200 g/mol. The van der Waals surface area contributed by atoms with E-state index in [1.807, 2.05) is 12.3 Å². The Morgan fingerprint density at radius 1 is 1.50 bits per heavy atom. The first-order valence-electron chi connectivity index (χ1n) is 6.34. The number of rotatable bonds is 5. The Bertz CT molecular complexity index is 278. The monoisotopic (exact) mass is 222 g/mol. The Morgan fingerprint density at radius 2 is 2.44 bits per heavy atom. The van der Waals surface area contributed by atoms with Gasteiger partial charge in [0, 0.05) is 24.5 Å². The molecular formula is C13H22N2O. The Labute approximate surface area is 97.6 Å². The summed E-state index contributed by atoms with van der Waals surface area (Å²) >= 11 is 0. The van der Waals surface area contributed by atoms with Gasteiger partial charge in [0.1, 0.15) is 0 Å². The van der Waals surface area contributed by atoms with Gasteiger partial charge in [-0.3, -0.25) is 0 Å². The minimum atomic E-state index is 0.179. The van der Waals surface area contributed by atoms with Gasteiger partial charge >= 0.3 is 0 Å². The maximum absolute atomic E-state index is 5.82. The number of ether oxygens (including phenoxy) is 1. The topological polar surface area (TPSA) is 37.0 Å². The summed E-state index contributed by atoms with van der Waals surface area (Å²) in [7, 11) is 0. The van der Waals surface area contributed by atoms with Gasteiger partial charge in [0.15, 0.2) is 0 Å². The van der Waals surface area contributed by atoms with Crippen LogP contribution in [-0.2, 0) is 4.74 Å². The molecule has 3 nitrogen and oxygen atoms in total. The molecule has 0 aliphatic carbocycles. The van der Waals surface area contributed by atoms with Crippen LogP contribution in [0, 0.1) is 0 Å². The van der Waals surface area contributed by atoms with Gasteiger partial charge in [-0.05, 0) is 44.9 Å². The standard InChI is InChI=1S/C13H22N2O/c1-11(13-6-4-9-15-13)16-10-7-12-5-2-3-8-14-12/h4,6,9,11-12,14-15H,2-3,5,7-8,10H2,1H3/t11-,12-/m0/s1. The van der Waals surface area contributed by atoms with Crippen LogP contribution in [0.5, 0.6) is 0 Å². The molecule has 0 bridgehead atoms. The molecule has 3 heteroatoms. The highest BCUT2D eigenvalue weighted by molar-refractivity contribution is 5.06. The van der Waals surface area contributed by atoms with Crippen LogP contribution in [-0.4, -0.2) is 24.2 Å². The number of nitrogens with one attached hydrogen (secondary N) is 2. The van der Waals surface area contributed by atoms with E-state index < -0.39 is 0 Å². The van der Waals surface area contributed by atoms with Gasteiger partial charge in [-0.25, -0.2) is 0 Å². The molecule has 0 saturated carbocycles. The van der Waals surface area contributed by atoms with Crippen molar-refractivity contribution in [1.29, 1.82) is 0 Å². The van der Waals surface area contributed by atoms with Gasteiger partial charge in [0.05, 0.1) is 6.10 Å². The van der Waals surface area contributed by atoms with E-state index in [0.29, 0.717) is 6.04 Å². The third kappa shape index (κ3) is 3.35. The molecule has 2 heterocycles. The molecule has 0 spiro atoms. The molecule has 1 saturated heterocycles. The zero-order chi connectivity index (χ0) is 11.2. The predicted molar refractivity (Wildman–Crippen MR) is 65.4 cm³/mol. The molecule has 1 aromatic heterocycles. The zero-order valence-corrected chi connectivity index (χ0v) is 10.0. The Morgan fingerprint density at radius 3 is 3.12 bits per heavy atom. The Kier molecular flexibility index (Phi) is 4.43. The number of hydrogen-bond acceptors (Lipinski definition) is 2. The Balaban J connectivity index is 1.63. The third-order valence-corrected chi connectivity index (χ3v) is 3.31. The second-order valence-electron chi connectivity index (χ2n) is 4.57. The molecule has 0 amide bonds. The molecule has 0 unspecified atom stereocenters. The average Bonchev–Trinajstić information content (AvgIpc) is 2.84. The highest BCUT2D eigenvalue weighted by atomic mass is 16.5. The molecule has 1 aliphatic heterocycles. The highest BCUT2D eigenvalue weighted by Crippen LogP contribution is 2.16. The first-order chi connectivity index (χ1) is 7.86. The van der Waals surface area contributed by atoms with Crippen LogP contribution in [0.4, 0.5) is 0 Å². The van der Waals surface area contributed by atoms with E-state index in [4.69, 9.17) is 4.74 Å². The van der Waals surface area contributed by atoms with Crippen LogP contribution in [0.3, 0.4) is 0 Å². The summed E-state index contributed by atoms with van der Waals surface area (Å²) in [6.07, 6.45) is 7.25. The normalized spacial score (nSPS) is 23.2. The number of aromatic nitrogens is 1. The van der Waals surface area contributed by atoms with E-state index in [2.05, 4.69) is 23.3 Å². The van der Waals surface area contributed by atoms with E-state index in [-0.39, 0.29) is 6.10 Å². The fraction of sp³-hybridized carbons (Fsp3) is 0.692. The van der Waals surface area contributed by atoms with Gasteiger partial charge in [0.25, 0.3) is 0 Å². The van der Waals surface area contributed by atoms with Crippen molar-refractivity contribution in [3.05, 3.63) is 24.0 Å². The van der Waals surface area contributed by atoms with Crippen molar-refractivity contribution in [2.75, 3.05) is 13.2 Å². The average molecular weight is 222 g/mol. The molecule has 2 N–H and O–H groups in total. The van der Waals surface area contributed by atoms with Crippen LogP contribution in [0.1, 0.15) is 44.4 Å². The summed E-state index contributed by atoms with van der Waals surface area (Å²) in [5, 5.41) is 3.54. The van der Waals surface area contributed by atoms with E-state index in [0.717, 1.165) is 18.7 Å². The van der Waals surface area contributed by atoms with E-state index in [1.165, 1.54) is 25.8 Å². The summed E-state index contributed by atoms with van der Waals surface area (Å²) in [6, 6.07) is 4.76. The van der Waals surface area contributed by atoms with E-state index >= 15 is 0 Å². The van der Waals surface area contributed by atoms with Crippen molar-refractivity contribution >= 4 is 0 Å². The lowest BCUT2D eigenvalue weighted by atomic mass is 10.0. The minimum absolute atomic E-state index is 0.179. The smallest absolute Gasteiger partial charge is 0.0944 e. The van der Waals surface area contributed by atoms with Crippen molar-refractivity contribution in [2.24, 2.45) is 0 Å². The highest BCUT2D eigenvalue weighted by Gasteiger charge is 2.13. The van der Waals surface area contributed by atoms with Crippen molar-refractivity contribution in [3.8, 4) is 0 Å².